The van der Waals surface area contributed by atoms with Gasteiger partial charge in [-0.25, -0.2) is 9.07 Å². The second kappa shape index (κ2) is 5.06. The third-order valence-electron chi connectivity index (χ3n) is 2.99. The van der Waals surface area contributed by atoms with Crippen molar-refractivity contribution in [3.8, 4) is 16.9 Å². The monoisotopic (exact) mass is 252 g/mol. The molecule has 0 N–H and O–H groups in total. The van der Waals surface area contributed by atoms with E-state index in [0.717, 1.165) is 16.9 Å². The van der Waals surface area contributed by atoms with Crippen LogP contribution in [0.2, 0.25) is 0 Å². The highest BCUT2D eigenvalue weighted by molar-refractivity contribution is 5.59. The van der Waals surface area contributed by atoms with Crippen molar-refractivity contribution in [3.63, 3.8) is 0 Å². The first-order chi connectivity index (χ1) is 9.38. The van der Waals surface area contributed by atoms with Crippen LogP contribution in [-0.2, 0) is 6.67 Å². The summed E-state index contributed by atoms with van der Waals surface area (Å²) in [6.07, 6.45) is 0. The van der Waals surface area contributed by atoms with Gasteiger partial charge in [-0.15, -0.1) is 0 Å². The molecular formula is C16H13FN2. The second-order valence-corrected chi connectivity index (χ2v) is 4.27. The first kappa shape index (κ1) is 11.7. The summed E-state index contributed by atoms with van der Waals surface area (Å²) in [6, 6.07) is 21.2. The van der Waals surface area contributed by atoms with E-state index in [2.05, 4.69) is 5.10 Å². The SMILES string of the molecule is FCc1cc(-c2ccccc2)nn1-c1ccccc1. The molecule has 1 heterocycles. The molecule has 0 aliphatic carbocycles. The molecule has 0 aliphatic rings. The Bertz CT molecular complexity index is 660. The zero-order chi connectivity index (χ0) is 13.1. The van der Waals surface area contributed by atoms with Crippen LogP contribution in [0.5, 0.6) is 0 Å². The molecule has 0 saturated carbocycles. The van der Waals surface area contributed by atoms with Gasteiger partial charge in [0.25, 0.3) is 0 Å². The van der Waals surface area contributed by atoms with Crippen molar-refractivity contribution in [2.24, 2.45) is 0 Å². The largest absolute Gasteiger partial charge is 0.244 e. The van der Waals surface area contributed by atoms with E-state index in [1.807, 2.05) is 60.7 Å². The highest BCUT2D eigenvalue weighted by Gasteiger charge is 2.10. The predicted octanol–water partition coefficient (Wildman–Crippen LogP) is 4.01. The molecule has 0 atom stereocenters. The first-order valence-corrected chi connectivity index (χ1v) is 6.14. The number of hydrogen-bond acceptors (Lipinski definition) is 1. The Morgan fingerprint density at radius 3 is 2.16 bits per heavy atom. The molecule has 0 bridgehead atoms. The summed E-state index contributed by atoms with van der Waals surface area (Å²) in [6.45, 7) is -0.533. The Balaban J connectivity index is 2.09. The van der Waals surface area contributed by atoms with Gasteiger partial charge in [0.2, 0.25) is 0 Å². The molecule has 2 nitrogen and oxygen atoms in total. The van der Waals surface area contributed by atoms with E-state index in [-0.39, 0.29) is 0 Å². The van der Waals surface area contributed by atoms with E-state index < -0.39 is 6.67 Å². The van der Waals surface area contributed by atoms with Gasteiger partial charge in [0.05, 0.1) is 17.1 Å². The Morgan fingerprint density at radius 2 is 1.53 bits per heavy atom. The van der Waals surface area contributed by atoms with E-state index >= 15 is 0 Å². The number of benzene rings is 2. The maximum atomic E-state index is 13.1. The quantitative estimate of drug-likeness (QED) is 0.688. The topological polar surface area (TPSA) is 17.8 Å². The van der Waals surface area contributed by atoms with E-state index in [1.165, 1.54) is 0 Å². The van der Waals surface area contributed by atoms with Gasteiger partial charge in [-0.3, -0.25) is 0 Å². The minimum atomic E-state index is -0.533. The fourth-order valence-electron chi connectivity index (χ4n) is 2.06. The van der Waals surface area contributed by atoms with Crippen LogP contribution in [0.3, 0.4) is 0 Å². The van der Waals surface area contributed by atoms with Crippen LogP contribution in [0, 0.1) is 0 Å². The zero-order valence-corrected chi connectivity index (χ0v) is 10.3. The summed E-state index contributed by atoms with van der Waals surface area (Å²) >= 11 is 0. The molecule has 1 aromatic heterocycles. The maximum absolute atomic E-state index is 13.1. The fourth-order valence-corrected chi connectivity index (χ4v) is 2.06. The molecule has 94 valence electrons. The number of para-hydroxylation sites is 1. The van der Waals surface area contributed by atoms with Gasteiger partial charge in [-0.05, 0) is 18.2 Å². The average molecular weight is 252 g/mol. The van der Waals surface area contributed by atoms with E-state index in [0.29, 0.717) is 5.69 Å². The van der Waals surface area contributed by atoms with Crippen LogP contribution in [-0.4, -0.2) is 9.78 Å². The van der Waals surface area contributed by atoms with Crippen molar-refractivity contribution < 1.29 is 4.39 Å². The predicted molar refractivity (Wildman–Crippen MR) is 73.8 cm³/mol. The normalized spacial score (nSPS) is 10.6. The molecule has 0 spiro atoms. The minimum absolute atomic E-state index is 0.533. The Morgan fingerprint density at radius 1 is 0.895 bits per heavy atom. The third-order valence-corrected chi connectivity index (χ3v) is 2.99. The van der Waals surface area contributed by atoms with Crippen LogP contribution in [0.1, 0.15) is 5.69 Å². The van der Waals surface area contributed by atoms with E-state index in [1.54, 1.807) is 10.7 Å². The molecule has 0 radical (unpaired) electrons. The summed E-state index contributed by atoms with van der Waals surface area (Å²) in [5.41, 5.74) is 3.21. The molecule has 2 aromatic carbocycles. The molecular weight excluding hydrogens is 239 g/mol. The average Bonchev–Trinajstić information content (AvgIpc) is 2.93. The zero-order valence-electron chi connectivity index (χ0n) is 10.3. The Labute approximate surface area is 111 Å². The fraction of sp³-hybridized carbons (Fsp3) is 0.0625. The van der Waals surface area contributed by atoms with Crippen molar-refractivity contribution in [1.82, 2.24) is 9.78 Å². The van der Waals surface area contributed by atoms with Gasteiger partial charge < -0.3 is 0 Å². The highest BCUT2D eigenvalue weighted by atomic mass is 19.1. The van der Waals surface area contributed by atoms with Crippen molar-refractivity contribution in [2.75, 3.05) is 0 Å². The van der Waals surface area contributed by atoms with Crippen LogP contribution in [0.25, 0.3) is 16.9 Å². The van der Waals surface area contributed by atoms with E-state index in [4.69, 9.17) is 0 Å². The smallest absolute Gasteiger partial charge is 0.132 e. The lowest BCUT2D eigenvalue weighted by molar-refractivity contribution is 0.466. The van der Waals surface area contributed by atoms with Gasteiger partial charge in [0.15, 0.2) is 0 Å². The summed E-state index contributed by atoms with van der Waals surface area (Å²) in [7, 11) is 0. The first-order valence-electron chi connectivity index (χ1n) is 6.14. The van der Waals surface area contributed by atoms with Crippen LogP contribution >= 0.6 is 0 Å². The molecule has 19 heavy (non-hydrogen) atoms. The molecule has 3 heteroatoms. The molecule has 0 unspecified atom stereocenters. The van der Waals surface area contributed by atoms with Gasteiger partial charge in [-0.1, -0.05) is 48.5 Å². The minimum Gasteiger partial charge on any atom is -0.244 e. The number of aromatic nitrogens is 2. The maximum Gasteiger partial charge on any atom is 0.132 e. The summed E-state index contributed by atoms with van der Waals surface area (Å²) in [5, 5.41) is 4.50. The summed E-state index contributed by atoms with van der Waals surface area (Å²) < 4.78 is 14.8. The van der Waals surface area contributed by atoms with Gasteiger partial charge in [-0.2, -0.15) is 5.10 Å². The number of nitrogens with zero attached hydrogens (tertiary/aromatic N) is 2. The molecule has 3 rings (SSSR count). The highest BCUT2D eigenvalue weighted by Crippen LogP contribution is 2.21. The molecule has 0 amide bonds. The lowest BCUT2D eigenvalue weighted by atomic mass is 10.1. The standard InChI is InChI=1S/C16H13FN2/c17-12-15-11-16(13-7-3-1-4-8-13)18-19(15)14-9-5-2-6-10-14/h1-11H,12H2. The molecule has 3 aromatic rings. The van der Waals surface area contributed by atoms with Crippen LogP contribution < -0.4 is 0 Å². The Hall–Kier alpha value is -2.42. The Kier molecular flexibility index (Phi) is 3.11. The summed E-state index contributed by atoms with van der Waals surface area (Å²) in [4.78, 5) is 0. The van der Waals surface area contributed by atoms with Crippen LogP contribution in [0.4, 0.5) is 4.39 Å². The molecule has 0 fully saturated rings. The molecule has 0 aliphatic heterocycles. The van der Waals surface area contributed by atoms with Gasteiger partial charge in [0, 0.05) is 5.56 Å². The lowest BCUT2D eigenvalue weighted by Crippen LogP contribution is -2.00. The molecule has 0 saturated heterocycles. The lowest BCUT2D eigenvalue weighted by Gasteiger charge is -2.03. The number of hydrogen-bond donors (Lipinski definition) is 0. The van der Waals surface area contributed by atoms with Crippen molar-refractivity contribution in [2.45, 2.75) is 6.67 Å². The van der Waals surface area contributed by atoms with Crippen molar-refractivity contribution >= 4 is 0 Å². The summed E-state index contributed by atoms with van der Waals surface area (Å²) in [5.74, 6) is 0. The van der Waals surface area contributed by atoms with Crippen molar-refractivity contribution in [1.29, 1.82) is 0 Å². The van der Waals surface area contributed by atoms with Crippen molar-refractivity contribution in [3.05, 3.63) is 72.4 Å². The van der Waals surface area contributed by atoms with Crippen LogP contribution in [0.15, 0.2) is 66.7 Å². The second-order valence-electron chi connectivity index (χ2n) is 4.27. The third kappa shape index (κ3) is 2.27. The van der Waals surface area contributed by atoms with Gasteiger partial charge in [0.1, 0.15) is 6.67 Å². The number of halogens is 1. The van der Waals surface area contributed by atoms with Gasteiger partial charge >= 0.3 is 0 Å². The van der Waals surface area contributed by atoms with E-state index in [9.17, 15) is 4.39 Å². The number of rotatable bonds is 3. The number of alkyl halides is 1.